The monoisotopic (exact) mass is 345 g/mol. The van der Waals surface area contributed by atoms with Crippen LogP contribution in [-0.2, 0) is 0 Å². The van der Waals surface area contributed by atoms with Gasteiger partial charge in [-0.2, -0.15) is 5.06 Å². The number of hydrogen-bond donors (Lipinski definition) is 2. The first-order valence-electron chi connectivity index (χ1n) is 7.34. The Bertz CT molecular complexity index is 542. The number of rotatable bonds is 3. The molecule has 1 unspecified atom stereocenters. The first kappa shape index (κ1) is 17.3. The summed E-state index contributed by atoms with van der Waals surface area (Å²) in [6.45, 7) is 2.67. The molecule has 1 aliphatic heterocycles. The quantitative estimate of drug-likeness (QED) is 0.645. The minimum atomic E-state index is -0.540. The molecule has 2 rings (SSSR count). The molecular formula is C15H21Cl2N3O2. The van der Waals surface area contributed by atoms with Crippen LogP contribution in [0.5, 0.6) is 0 Å². The molecule has 2 amide bonds. The van der Waals surface area contributed by atoms with Crippen LogP contribution in [0.15, 0.2) is 18.2 Å². The minimum Gasteiger partial charge on any atom is -0.330 e. The van der Waals surface area contributed by atoms with Gasteiger partial charge < -0.3 is 5.32 Å². The summed E-state index contributed by atoms with van der Waals surface area (Å²) in [7, 11) is 1.90. The highest BCUT2D eigenvalue weighted by Gasteiger charge is 2.29. The van der Waals surface area contributed by atoms with E-state index < -0.39 is 6.03 Å². The van der Waals surface area contributed by atoms with E-state index in [0.29, 0.717) is 15.6 Å². The van der Waals surface area contributed by atoms with Crippen LogP contribution < -0.4 is 5.32 Å². The topological polar surface area (TPSA) is 55.8 Å². The molecule has 1 aromatic rings. The van der Waals surface area contributed by atoms with Gasteiger partial charge in [0, 0.05) is 0 Å². The average molecular weight is 346 g/mol. The highest BCUT2D eigenvalue weighted by molar-refractivity contribution is 6.42. The van der Waals surface area contributed by atoms with E-state index in [9.17, 15) is 10.0 Å². The SMILES string of the molecule is CC(NC(=O)N(O)[C@@H]1CCCCN1C)c1cccc(Cl)c1Cl. The molecule has 1 aliphatic rings. The van der Waals surface area contributed by atoms with Crippen LogP contribution in [0.3, 0.4) is 0 Å². The van der Waals surface area contributed by atoms with Crippen LogP contribution >= 0.6 is 23.2 Å². The van der Waals surface area contributed by atoms with E-state index in [1.54, 1.807) is 25.1 Å². The van der Waals surface area contributed by atoms with Gasteiger partial charge in [-0.05, 0) is 51.4 Å². The largest absolute Gasteiger partial charge is 0.343 e. The second kappa shape index (κ2) is 7.51. The first-order chi connectivity index (χ1) is 10.4. The van der Waals surface area contributed by atoms with Crippen LogP contribution in [0.1, 0.15) is 37.8 Å². The second-order valence-corrected chi connectivity index (χ2v) is 6.40. The molecule has 2 N–H and O–H groups in total. The summed E-state index contributed by atoms with van der Waals surface area (Å²) >= 11 is 12.1. The van der Waals surface area contributed by atoms with Crippen LogP contribution in [0.25, 0.3) is 0 Å². The molecule has 0 aromatic heterocycles. The Balaban J connectivity index is 2.02. The summed E-state index contributed by atoms with van der Waals surface area (Å²) in [5, 5.41) is 14.5. The number of amides is 2. The molecule has 1 aromatic carbocycles. The van der Waals surface area contributed by atoms with Gasteiger partial charge in [0.25, 0.3) is 0 Å². The predicted octanol–water partition coefficient (Wildman–Crippen LogP) is 3.90. The highest BCUT2D eigenvalue weighted by atomic mass is 35.5. The Morgan fingerprint density at radius 3 is 2.86 bits per heavy atom. The van der Waals surface area contributed by atoms with Gasteiger partial charge in [0.2, 0.25) is 0 Å². The van der Waals surface area contributed by atoms with Crippen molar-refractivity contribution in [3.8, 4) is 0 Å². The molecular weight excluding hydrogens is 325 g/mol. The molecule has 0 spiro atoms. The number of hydroxylamine groups is 2. The Labute approximate surface area is 140 Å². The fourth-order valence-corrected chi connectivity index (χ4v) is 3.16. The Morgan fingerprint density at radius 2 is 2.18 bits per heavy atom. The summed E-state index contributed by atoms with van der Waals surface area (Å²) < 4.78 is 0. The van der Waals surface area contributed by atoms with Crippen molar-refractivity contribution in [3.63, 3.8) is 0 Å². The molecule has 1 saturated heterocycles. The minimum absolute atomic E-state index is 0.296. The third kappa shape index (κ3) is 3.84. The lowest BCUT2D eigenvalue weighted by molar-refractivity contribution is -0.133. The smallest absolute Gasteiger partial charge is 0.330 e. The number of nitrogens with one attached hydrogen (secondary N) is 1. The van der Waals surface area contributed by atoms with E-state index in [1.165, 1.54) is 0 Å². The number of hydrogen-bond acceptors (Lipinski definition) is 3. The van der Waals surface area contributed by atoms with Crippen molar-refractivity contribution < 1.29 is 10.0 Å². The summed E-state index contributed by atoms with van der Waals surface area (Å²) in [6.07, 6.45) is 2.54. The normalized spacial score (nSPS) is 20.5. The van der Waals surface area contributed by atoms with Crippen LogP contribution in [0.2, 0.25) is 10.0 Å². The van der Waals surface area contributed by atoms with E-state index in [4.69, 9.17) is 23.2 Å². The number of nitrogens with zero attached hydrogens (tertiary/aromatic N) is 2. The van der Waals surface area contributed by atoms with Crippen molar-refractivity contribution >= 4 is 29.2 Å². The zero-order chi connectivity index (χ0) is 16.3. The standard InChI is InChI=1S/C15H21Cl2N3O2/c1-10(11-6-5-7-12(16)14(11)17)18-15(21)20(22)13-8-3-4-9-19(13)2/h5-7,10,13,22H,3-4,8-9H2,1-2H3,(H,18,21)/t10?,13-/m1/s1. The summed E-state index contributed by atoms with van der Waals surface area (Å²) in [5.74, 6) is 0. The highest BCUT2D eigenvalue weighted by Crippen LogP contribution is 2.30. The lowest BCUT2D eigenvalue weighted by Gasteiger charge is -2.37. The molecule has 0 radical (unpaired) electrons. The Kier molecular flexibility index (Phi) is 5.92. The van der Waals surface area contributed by atoms with E-state index in [2.05, 4.69) is 5.32 Å². The fraction of sp³-hybridized carbons (Fsp3) is 0.533. The van der Waals surface area contributed by atoms with Crippen LogP contribution in [0.4, 0.5) is 4.79 Å². The van der Waals surface area contributed by atoms with Crippen molar-refractivity contribution in [1.82, 2.24) is 15.3 Å². The molecule has 122 valence electrons. The molecule has 1 heterocycles. The summed E-state index contributed by atoms with van der Waals surface area (Å²) in [6, 6.07) is 4.37. The zero-order valence-electron chi connectivity index (χ0n) is 12.7. The molecule has 1 fully saturated rings. The zero-order valence-corrected chi connectivity index (χ0v) is 14.2. The van der Waals surface area contributed by atoms with Gasteiger partial charge in [-0.3, -0.25) is 10.1 Å². The maximum atomic E-state index is 12.2. The Hall–Kier alpha value is -1.01. The maximum absolute atomic E-state index is 12.2. The van der Waals surface area contributed by atoms with Gasteiger partial charge in [0.1, 0.15) is 6.17 Å². The average Bonchev–Trinajstić information content (AvgIpc) is 2.49. The lowest BCUT2D eigenvalue weighted by atomic mass is 10.1. The van der Waals surface area contributed by atoms with Crippen molar-refractivity contribution in [1.29, 1.82) is 0 Å². The van der Waals surface area contributed by atoms with Gasteiger partial charge in [0.05, 0.1) is 16.1 Å². The molecule has 22 heavy (non-hydrogen) atoms. The van der Waals surface area contributed by atoms with Gasteiger partial charge in [-0.25, -0.2) is 4.79 Å². The van der Waals surface area contributed by atoms with Gasteiger partial charge in [-0.1, -0.05) is 35.3 Å². The van der Waals surface area contributed by atoms with Crippen molar-refractivity contribution in [2.45, 2.75) is 38.4 Å². The van der Waals surface area contributed by atoms with Crippen LogP contribution in [-0.4, -0.2) is 41.0 Å². The third-order valence-corrected chi connectivity index (χ3v) is 4.84. The first-order valence-corrected chi connectivity index (χ1v) is 8.10. The second-order valence-electron chi connectivity index (χ2n) is 5.62. The van der Waals surface area contributed by atoms with Gasteiger partial charge in [0.15, 0.2) is 0 Å². The number of carbonyl (C=O) groups is 1. The number of piperidine rings is 1. The number of likely N-dealkylation sites (tertiary alicyclic amines) is 1. The van der Waals surface area contributed by atoms with Crippen molar-refractivity contribution in [2.24, 2.45) is 0 Å². The Morgan fingerprint density at radius 1 is 1.45 bits per heavy atom. The molecule has 0 aliphatic carbocycles. The van der Waals surface area contributed by atoms with E-state index >= 15 is 0 Å². The third-order valence-electron chi connectivity index (χ3n) is 4.01. The molecule has 5 nitrogen and oxygen atoms in total. The number of urea groups is 1. The molecule has 0 saturated carbocycles. The van der Waals surface area contributed by atoms with Gasteiger partial charge in [-0.15, -0.1) is 0 Å². The van der Waals surface area contributed by atoms with Crippen molar-refractivity contribution in [2.75, 3.05) is 13.6 Å². The molecule has 0 bridgehead atoms. The van der Waals surface area contributed by atoms with Gasteiger partial charge >= 0.3 is 6.03 Å². The molecule has 7 heteroatoms. The predicted molar refractivity (Wildman–Crippen MR) is 87.3 cm³/mol. The number of benzene rings is 1. The van der Waals surface area contributed by atoms with E-state index in [-0.39, 0.29) is 12.2 Å². The number of halogens is 2. The van der Waals surface area contributed by atoms with Crippen molar-refractivity contribution in [3.05, 3.63) is 33.8 Å². The van der Waals surface area contributed by atoms with Crippen LogP contribution in [0, 0.1) is 0 Å². The van der Waals surface area contributed by atoms with E-state index in [0.717, 1.165) is 30.9 Å². The summed E-state index contributed by atoms with van der Waals surface area (Å²) in [4.78, 5) is 14.2. The maximum Gasteiger partial charge on any atom is 0.343 e. The lowest BCUT2D eigenvalue weighted by Crippen LogP contribution is -2.53. The summed E-state index contributed by atoms with van der Waals surface area (Å²) in [5.41, 5.74) is 0.716. The fourth-order valence-electron chi connectivity index (χ4n) is 2.69. The number of carbonyl (C=O) groups excluding carboxylic acids is 1. The molecule has 2 atom stereocenters. The van der Waals surface area contributed by atoms with E-state index in [1.807, 2.05) is 11.9 Å².